The van der Waals surface area contributed by atoms with Crippen LogP contribution in [0.3, 0.4) is 0 Å². The van der Waals surface area contributed by atoms with Gasteiger partial charge in [-0.1, -0.05) is 0 Å². The first-order valence-corrected chi connectivity index (χ1v) is 3.69. The number of aromatic amines is 1. The van der Waals surface area contributed by atoms with Gasteiger partial charge in [-0.05, 0) is 19.4 Å². The van der Waals surface area contributed by atoms with Gasteiger partial charge in [-0.15, -0.1) is 0 Å². The number of imidazole rings is 1. The molecule has 10 heavy (non-hydrogen) atoms. The summed E-state index contributed by atoms with van der Waals surface area (Å²) in [5, 5.41) is 3.37. The number of nitrogens with one attached hydrogen (secondary N) is 2. The number of rotatable bonds is 1. The Balaban J connectivity index is 2.12. The zero-order valence-corrected chi connectivity index (χ0v) is 5.80. The molecule has 0 bridgehead atoms. The van der Waals surface area contributed by atoms with E-state index in [9.17, 15) is 0 Å². The van der Waals surface area contributed by atoms with Gasteiger partial charge >= 0.3 is 0 Å². The highest BCUT2D eigenvalue weighted by atomic mass is 15.0. The largest absolute Gasteiger partial charge is 0.347 e. The van der Waals surface area contributed by atoms with Crippen molar-refractivity contribution >= 4 is 0 Å². The maximum absolute atomic E-state index is 4.18. The predicted octanol–water partition coefficient (Wildman–Crippen LogP) is 0.834. The average molecular weight is 137 g/mol. The van der Waals surface area contributed by atoms with Gasteiger partial charge in [0.1, 0.15) is 5.82 Å². The molecule has 1 atom stereocenters. The average Bonchev–Trinajstić information content (AvgIpc) is 2.59. The fourth-order valence-electron chi connectivity index (χ4n) is 1.39. The summed E-state index contributed by atoms with van der Waals surface area (Å²) in [5.41, 5.74) is 0. The van der Waals surface area contributed by atoms with Crippen molar-refractivity contribution in [2.75, 3.05) is 6.54 Å². The van der Waals surface area contributed by atoms with Gasteiger partial charge < -0.3 is 10.3 Å². The standard InChI is InChI=1S/C7H11N3/c1-2-6(8-3-1)7-9-4-5-10-7/h4-6,8H,1-3H2,(H,9,10)/t6-/m1/s1. The lowest BCUT2D eigenvalue weighted by Crippen LogP contribution is -2.13. The van der Waals surface area contributed by atoms with Gasteiger partial charge in [0.05, 0.1) is 6.04 Å². The Labute approximate surface area is 59.9 Å². The molecule has 0 saturated carbocycles. The van der Waals surface area contributed by atoms with E-state index < -0.39 is 0 Å². The summed E-state index contributed by atoms with van der Waals surface area (Å²) in [6.07, 6.45) is 6.16. The normalized spacial score (nSPS) is 25.4. The van der Waals surface area contributed by atoms with Crippen molar-refractivity contribution in [1.82, 2.24) is 15.3 Å². The molecule has 0 amide bonds. The molecule has 1 fully saturated rings. The summed E-state index contributed by atoms with van der Waals surface area (Å²) in [6, 6.07) is 0.481. The minimum Gasteiger partial charge on any atom is -0.347 e. The molecular weight excluding hydrogens is 126 g/mol. The van der Waals surface area contributed by atoms with Crippen molar-refractivity contribution in [2.24, 2.45) is 0 Å². The Morgan fingerprint density at radius 2 is 2.60 bits per heavy atom. The van der Waals surface area contributed by atoms with E-state index >= 15 is 0 Å². The van der Waals surface area contributed by atoms with Gasteiger partial charge in [0.2, 0.25) is 0 Å². The first-order chi connectivity index (χ1) is 4.97. The van der Waals surface area contributed by atoms with Crippen LogP contribution in [0, 0.1) is 0 Å². The highest BCUT2D eigenvalue weighted by molar-refractivity contribution is 4.97. The summed E-state index contributed by atoms with van der Waals surface area (Å²) >= 11 is 0. The highest BCUT2D eigenvalue weighted by Gasteiger charge is 2.17. The molecule has 1 aliphatic rings. The minimum absolute atomic E-state index is 0.481. The number of hydrogen-bond acceptors (Lipinski definition) is 2. The van der Waals surface area contributed by atoms with Gasteiger partial charge in [-0.2, -0.15) is 0 Å². The van der Waals surface area contributed by atoms with Gasteiger partial charge in [0.25, 0.3) is 0 Å². The molecule has 3 heteroatoms. The number of H-pyrrole nitrogens is 1. The van der Waals surface area contributed by atoms with Crippen LogP contribution >= 0.6 is 0 Å². The van der Waals surface area contributed by atoms with E-state index in [0.29, 0.717) is 6.04 Å². The van der Waals surface area contributed by atoms with Crippen LogP contribution in [0.1, 0.15) is 24.7 Å². The van der Waals surface area contributed by atoms with Crippen molar-refractivity contribution in [2.45, 2.75) is 18.9 Å². The fourth-order valence-corrected chi connectivity index (χ4v) is 1.39. The Morgan fingerprint density at radius 3 is 3.20 bits per heavy atom. The summed E-state index contributed by atoms with van der Waals surface area (Å²) in [7, 11) is 0. The van der Waals surface area contributed by atoms with Crippen LogP contribution in [0.2, 0.25) is 0 Å². The summed E-state index contributed by atoms with van der Waals surface area (Å²) in [5.74, 6) is 1.08. The smallest absolute Gasteiger partial charge is 0.123 e. The number of nitrogens with zero attached hydrogens (tertiary/aromatic N) is 1. The van der Waals surface area contributed by atoms with Crippen molar-refractivity contribution < 1.29 is 0 Å². The van der Waals surface area contributed by atoms with E-state index in [1.807, 2.05) is 6.20 Å². The predicted molar refractivity (Wildman–Crippen MR) is 38.6 cm³/mol. The molecule has 1 aliphatic heterocycles. The SMILES string of the molecule is c1c[nH]c([C@H]2CCCN2)n1. The first kappa shape index (κ1) is 5.92. The van der Waals surface area contributed by atoms with Gasteiger partial charge in [0.15, 0.2) is 0 Å². The molecule has 0 aliphatic carbocycles. The Bertz CT molecular complexity index is 187. The highest BCUT2D eigenvalue weighted by Crippen LogP contribution is 2.18. The molecule has 2 rings (SSSR count). The molecule has 0 spiro atoms. The quantitative estimate of drug-likeness (QED) is 0.602. The van der Waals surface area contributed by atoms with Crippen molar-refractivity contribution in [1.29, 1.82) is 0 Å². The van der Waals surface area contributed by atoms with Gasteiger partial charge in [-0.3, -0.25) is 0 Å². The zero-order valence-electron chi connectivity index (χ0n) is 5.80. The molecule has 3 nitrogen and oxygen atoms in total. The van der Waals surface area contributed by atoms with Crippen LogP contribution in [0.15, 0.2) is 12.4 Å². The monoisotopic (exact) mass is 137 g/mol. The fraction of sp³-hybridized carbons (Fsp3) is 0.571. The van der Waals surface area contributed by atoms with E-state index in [1.54, 1.807) is 6.20 Å². The van der Waals surface area contributed by atoms with E-state index in [4.69, 9.17) is 0 Å². The van der Waals surface area contributed by atoms with Crippen LogP contribution in [0.5, 0.6) is 0 Å². The molecule has 1 aromatic rings. The lowest BCUT2D eigenvalue weighted by molar-refractivity contribution is 0.612. The lowest BCUT2D eigenvalue weighted by atomic mass is 10.2. The maximum atomic E-state index is 4.18. The van der Waals surface area contributed by atoms with Crippen molar-refractivity contribution in [3.8, 4) is 0 Å². The molecule has 0 aromatic carbocycles. The van der Waals surface area contributed by atoms with E-state index in [0.717, 1.165) is 12.4 Å². The third kappa shape index (κ3) is 0.926. The van der Waals surface area contributed by atoms with Gasteiger partial charge in [0, 0.05) is 12.4 Å². The molecule has 2 heterocycles. The second-order valence-electron chi connectivity index (χ2n) is 2.62. The lowest BCUT2D eigenvalue weighted by Gasteiger charge is -2.04. The molecule has 1 aromatic heterocycles. The Hall–Kier alpha value is -0.830. The number of aromatic nitrogens is 2. The van der Waals surface area contributed by atoms with Crippen LogP contribution < -0.4 is 5.32 Å². The van der Waals surface area contributed by atoms with Crippen LogP contribution in [0.4, 0.5) is 0 Å². The van der Waals surface area contributed by atoms with E-state index in [2.05, 4.69) is 15.3 Å². The maximum Gasteiger partial charge on any atom is 0.123 e. The molecule has 0 radical (unpaired) electrons. The van der Waals surface area contributed by atoms with Crippen LogP contribution in [-0.4, -0.2) is 16.5 Å². The Kier molecular flexibility index (Phi) is 1.43. The summed E-state index contributed by atoms with van der Waals surface area (Å²) in [4.78, 5) is 7.29. The molecule has 54 valence electrons. The second-order valence-corrected chi connectivity index (χ2v) is 2.62. The molecule has 2 N–H and O–H groups in total. The second kappa shape index (κ2) is 2.42. The van der Waals surface area contributed by atoms with E-state index in [-0.39, 0.29) is 0 Å². The molecule has 0 unspecified atom stereocenters. The minimum atomic E-state index is 0.481. The Morgan fingerprint density at radius 1 is 1.60 bits per heavy atom. The molecular formula is C7H11N3. The third-order valence-electron chi connectivity index (χ3n) is 1.91. The van der Waals surface area contributed by atoms with Crippen LogP contribution in [0.25, 0.3) is 0 Å². The van der Waals surface area contributed by atoms with Crippen molar-refractivity contribution in [3.63, 3.8) is 0 Å². The van der Waals surface area contributed by atoms with Crippen molar-refractivity contribution in [3.05, 3.63) is 18.2 Å². The summed E-state index contributed by atoms with van der Waals surface area (Å²) in [6.45, 7) is 1.13. The summed E-state index contributed by atoms with van der Waals surface area (Å²) < 4.78 is 0. The molecule has 1 saturated heterocycles. The van der Waals surface area contributed by atoms with Crippen LogP contribution in [-0.2, 0) is 0 Å². The third-order valence-corrected chi connectivity index (χ3v) is 1.91. The zero-order chi connectivity index (χ0) is 6.81. The topological polar surface area (TPSA) is 40.7 Å². The van der Waals surface area contributed by atoms with E-state index in [1.165, 1.54) is 12.8 Å². The number of hydrogen-bond donors (Lipinski definition) is 2. The first-order valence-electron chi connectivity index (χ1n) is 3.69. The van der Waals surface area contributed by atoms with Gasteiger partial charge in [-0.25, -0.2) is 4.98 Å².